The van der Waals surface area contributed by atoms with E-state index in [1.807, 2.05) is 17.1 Å². The lowest BCUT2D eigenvalue weighted by Crippen LogP contribution is -2.52. The highest BCUT2D eigenvalue weighted by atomic mass is 16.4. The van der Waals surface area contributed by atoms with Crippen molar-refractivity contribution in [2.45, 2.75) is 6.42 Å². The third-order valence-corrected chi connectivity index (χ3v) is 5.13. The first kappa shape index (κ1) is 14.5. The van der Waals surface area contributed by atoms with Crippen LogP contribution in [0.2, 0.25) is 0 Å². The van der Waals surface area contributed by atoms with Gasteiger partial charge in [0.25, 0.3) is 0 Å². The molecule has 3 rings (SSSR count). The summed E-state index contributed by atoms with van der Waals surface area (Å²) in [6.07, 6.45) is 4.79. The highest BCUT2D eigenvalue weighted by Gasteiger charge is 2.52. The molecule has 0 aromatic rings. The number of rotatable bonds is 4. The van der Waals surface area contributed by atoms with Crippen LogP contribution in [-0.4, -0.2) is 71.2 Å². The molecule has 1 saturated heterocycles. The summed E-state index contributed by atoms with van der Waals surface area (Å²) in [6.45, 7) is 3.52. The van der Waals surface area contributed by atoms with Crippen molar-refractivity contribution in [3.8, 4) is 0 Å². The normalized spacial score (nSPS) is 35.4. The number of hydrogen-bond acceptors (Lipinski definition) is 4. The topological polar surface area (TPSA) is 81.1 Å². The third-order valence-electron chi connectivity index (χ3n) is 5.13. The second-order valence-corrected chi connectivity index (χ2v) is 6.23. The number of β-amino-alcohol motifs (C(OH)–C–C–N with tert-alkyl or cyclic N) is 1. The van der Waals surface area contributed by atoms with Gasteiger partial charge in [-0.3, -0.25) is 14.5 Å². The molecule has 1 saturated carbocycles. The van der Waals surface area contributed by atoms with Gasteiger partial charge < -0.3 is 15.1 Å². The Morgan fingerprint density at radius 2 is 1.67 bits per heavy atom. The highest BCUT2D eigenvalue weighted by molar-refractivity contribution is 5.87. The summed E-state index contributed by atoms with van der Waals surface area (Å²) in [5.41, 5.74) is 0. The number of aliphatic hydroxyl groups is 1. The Hall–Kier alpha value is -1.40. The Bertz CT molecular complexity index is 457. The molecule has 21 heavy (non-hydrogen) atoms. The number of carboxylic acids is 1. The zero-order valence-electron chi connectivity index (χ0n) is 12.0. The molecule has 0 radical (unpaired) electrons. The summed E-state index contributed by atoms with van der Waals surface area (Å²) in [5, 5.41) is 18.4. The minimum Gasteiger partial charge on any atom is -0.481 e. The van der Waals surface area contributed by atoms with Gasteiger partial charge in [0.05, 0.1) is 18.4 Å². The SMILES string of the molecule is O=C(O)[C@@H]1C2C=CC(C2)[C@@H]1C(=O)N1CCN(CCO)CC1. The van der Waals surface area contributed by atoms with E-state index in [0.29, 0.717) is 19.6 Å². The summed E-state index contributed by atoms with van der Waals surface area (Å²) in [6, 6.07) is 0. The van der Waals surface area contributed by atoms with Crippen molar-refractivity contribution in [3.63, 3.8) is 0 Å². The number of hydrogen-bond donors (Lipinski definition) is 2. The molecule has 2 aliphatic carbocycles. The molecule has 4 atom stereocenters. The van der Waals surface area contributed by atoms with Gasteiger partial charge in [0.1, 0.15) is 0 Å². The van der Waals surface area contributed by atoms with Crippen LogP contribution in [0.15, 0.2) is 12.2 Å². The van der Waals surface area contributed by atoms with Crippen LogP contribution in [-0.2, 0) is 9.59 Å². The molecule has 6 nitrogen and oxygen atoms in total. The molecule has 0 aromatic heterocycles. The van der Waals surface area contributed by atoms with E-state index in [4.69, 9.17) is 5.11 Å². The predicted molar refractivity (Wildman–Crippen MR) is 75.5 cm³/mol. The van der Waals surface area contributed by atoms with E-state index in [0.717, 1.165) is 19.5 Å². The standard InChI is InChI=1S/C15H22N2O4/c18-8-7-16-3-5-17(6-4-16)14(19)12-10-1-2-11(9-10)13(12)15(20)21/h1-2,10-13,18H,3-9H2,(H,20,21)/t10?,11?,12-,13+/m0/s1. The first-order valence-corrected chi connectivity index (χ1v) is 7.65. The number of carboxylic acid groups (broad SMARTS) is 1. The van der Waals surface area contributed by atoms with E-state index >= 15 is 0 Å². The average molecular weight is 294 g/mol. The summed E-state index contributed by atoms with van der Waals surface area (Å²) < 4.78 is 0. The van der Waals surface area contributed by atoms with Gasteiger partial charge in [0.2, 0.25) is 5.91 Å². The van der Waals surface area contributed by atoms with Gasteiger partial charge in [-0.15, -0.1) is 0 Å². The number of allylic oxidation sites excluding steroid dienone is 2. The van der Waals surface area contributed by atoms with Crippen molar-refractivity contribution in [2.75, 3.05) is 39.3 Å². The van der Waals surface area contributed by atoms with E-state index in [-0.39, 0.29) is 30.3 Å². The number of amides is 1. The van der Waals surface area contributed by atoms with Gasteiger partial charge in [-0.2, -0.15) is 0 Å². The minimum atomic E-state index is -0.843. The lowest BCUT2D eigenvalue weighted by atomic mass is 9.82. The second kappa shape index (κ2) is 5.77. The summed E-state index contributed by atoms with van der Waals surface area (Å²) >= 11 is 0. The van der Waals surface area contributed by atoms with Gasteiger partial charge in [-0.05, 0) is 18.3 Å². The fourth-order valence-corrected chi connectivity index (χ4v) is 4.04. The number of nitrogens with zero attached hydrogens (tertiary/aromatic N) is 2. The van der Waals surface area contributed by atoms with Gasteiger partial charge in [0.15, 0.2) is 0 Å². The molecule has 0 spiro atoms. The highest BCUT2D eigenvalue weighted by Crippen LogP contribution is 2.48. The second-order valence-electron chi connectivity index (χ2n) is 6.23. The molecular weight excluding hydrogens is 272 g/mol. The van der Waals surface area contributed by atoms with Gasteiger partial charge >= 0.3 is 5.97 Å². The fourth-order valence-electron chi connectivity index (χ4n) is 4.04. The summed E-state index contributed by atoms with van der Waals surface area (Å²) in [4.78, 5) is 28.1. The average Bonchev–Trinajstić information content (AvgIpc) is 3.08. The smallest absolute Gasteiger partial charge is 0.307 e. The zero-order chi connectivity index (χ0) is 15.0. The van der Waals surface area contributed by atoms with E-state index in [1.165, 1.54) is 0 Å². The van der Waals surface area contributed by atoms with Crippen molar-refractivity contribution in [3.05, 3.63) is 12.2 Å². The monoisotopic (exact) mass is 294 g/mol. The molecule has 0 aromatic carbocycles. The lowest BCUT2D eigenvalue weighted by molar-refractivity contribution is -0.151. The van der Waals surface area contributed by atoms with Crippen LogP contribution in [0.1, 0.15) is 6.42 Å². The minimum absolute atomic E-state index is 0.00268. The van der Waals surface area contributed by atoms with Crippen LogP contribution in [0.25, 0.3) is 0 Å². The molecule has 1 heterocycles. The number of carbonyl (C=O) groups excluding carboxylic acids is 1. The molecule has 2 unspecified atom stereocenters. The third kappa shape index (κ3) is 2.58. The molecule has 2 fully saturated rings. The number of aliphatic hydroxyl groups excluding tert-OH is 1. The summed E-state index contributed by atoms with van der Waals surface area (Å²) in [5.74, 6) is -1.66. The fraction of sp³-hybridized carbons (Fsp3) is 0.733. The molecule has 6 heteroatoms. The maximum Gasteiger partial charge on any atom is 0.307 e. The van der Waals surface area contributed by atoms with E-state index in [2.05, 4.69) is 4.90 Å². The molecular formula is C15H22N2O4. The molecule has 116 valence electrons. The van der Waals surface area contributed by atoms with Gasteiger partial charge in [-0.25, -0.2) is 0 Å². The number of aliphatic carboxylic acids is 1. The summed E-state index contributed by atoms with van der Waals surface area (Å²) in [7, 11) is 0. The molecule has 2 N–H and O–H groups in total. The maximum atomic E-state index is 12.7. The van der Waals surface area contributed by atoms with Crippen molar-refractivity contribution < 1.29 is 19.8 Å². The Morgan fingerprint density at radius 3 is 2.24 bits per heavy atom. The lowest BCUT2D eigenvalue weighted by Gasteiger charge is -2.37. The van der Waals surface area contributed by atoms with Crippen LogP contribution in [0.3, 0.4) is 0 Å². The first-order chi connectivity index (χ1) is 10.1. The Morgan fingerprint density at radius 1 is 1.05 bits per heavy atom. The van der Waals surface area contributed by atoms with E-state index in [1.54, 1.807) is 0 Å². The van der Waals surface area contributed by atoms with Crippen LogP contribution >= 0.6 is 0 Å². The van der Waals surface area contributed by atoms with E-state index < -0.39 is 11.9 Å². The van der Waals surface area contributed by atoms with Gasteiger partial charge in [-0.1, -0.05) is 12.2 Å². The van der Waals surface area contributed by atoms with Crippen molar-refractivity contribution in [1.82, 2.24) is 9.80 Å². The van der Waals surface area contributed by atoms with Crippen LogP contribution < -0.4 is 0 Å². The largest absolute Gasteiger partial charge is 0.481 e. The first-order valence-electron chi connectivity index (χ1n) is 7.65. The van der Waals surface area contributed by atoms with Crippen molar-refractivity contribution in [1.29, 1.82) is 0 Å². The number of carbonyl (C=O) groups is 2. The van der Waals surface area contributed by atoms with Crippen LogP contribution in [0.5, 0.6) is 0 Å². The Balaban J connectivity index is 1.66. The molecule has 1 amide bonds. The number of fused-ring (bicyclic) bond motifs is 2. The number of piperazine rings is 1. The van der Waals surface area contributed by atoms with Crippen LogP contribution in [0.4, 0.5) is 0 Å². The molecule has 3 aliphatic rings. The van der Waals surface area contributed by atoms with Gasteiger partial charge in [0, 0.05) is 32.7 Å². The maximum absolute atomic E-state index is 12.7. The molecule has 2 bridgehead atoms. The Kier molecular flexibility index (Phi) is 3.99. The Labute approximate surface area is 124 Å². The molecule has 1 aliphatic heterocycles. The van der Waals surface area contributed by atoms with Crippen molar-refractivity contribution in [2.24, 2.45) is 23.7 Å². The predicted octanol–water partition coefficient (Wildman–Crippen LogP) is -0.354. The zero-order valence-corrected chi connectivity index (χ0v) is 12.0. The van der Waals surface area contributed by atoms with Crippen LogP contribution in [0, 0.1) is 23.7 Å². The quantitative estimate of drug-likeness (QED) is 0.693. The van der Waals surface area contributed by atoms with Crippen molar-refractivity contribution >= 4 is 11.9 Å². The van der Waals surface area contributed by atoms with E-state index in [9.17, 15) is 14.7 Å².